The molecule has 0 radical (unpaired) electrons. The van der Waals surface area contributed by atoms with E-state index in [9.17, 15) is 9.59 Å². The Morgan fingerprint density at radius 3 is 2.65 bits per heavy atom. The number of carboxylic acids is 1. The summed E-state index contributed by atoms with van der Waals surface area (Å²) in [5, 5.41) is 20.8. The summed E-state index contributed by atoms with van der Waals surface area (Å²) in [6, 6.07) is 7.19. The van der Waals surface area contributed by atoms with Crippen LogP contribution >= 0.6 is 11.6 Å². The number of carbonyl (C=O) groups is 2. The van der Waals surface area contributed by atoms with Gasteiger partial charge in [-0.25, -0.2) is 4.68 Å². The molecule has 7 nitrogen and oxygen atoms in total. The third-order valence-corrected chi connectivity index (χ3v) is 5.01. The number of carbonyl (C=O) groups excluding carboxylic acids is 1. The van der Waals surface area contributed by atoms with Crippen LogP contribution in [-0.4, -0.2) is 38.0 Å². The zero-order valence-electron chi connectivity index (χ0n) is 14.5. The van der Waals surface area contributed by atoms with Gasteiger partial charge >= 0.3 is 5.97 Å². The van der Waals surface area contributed by atoms with Gasteiger partial charge in [-0.05, 0) is 50.3 Å². The average molecular weight is 377 g/mol. The lowest BCUT2D eigenvalue weighted by molar-refractivity contribution is -0.142. The summed E-state index contributed by atoms with van der Waals surface area (Å²) in [5.41, 5.74) is 1.76. The second-order valence-electron chi connectivity index (χ2n) is 6.49. The molecule has 2 aromatic rings. The third-order valence-electron chi connectivity index (χ3n) is 4.78. The van der Waals surface area contributed by atoms with E-state index >= 15 is 0 Å². The summed E-state index contributed by atoms with van der Waals surface area (Å²) in [7, 11) is 0. The molecule has 138 valence electrons. The second kappa shape index (κ2) is 7.86. The first-order chi connectivity index (χ1) is 12.5. The highest BCUT2D eigenvalue weighted by atomic mass is 35.5. The number of aliphatic carboxylic acids is 1. The summed E-state index contributed by atoms with van der Waals surface area (Å²) in [5.74, 6) is -1.33. The number of halogens is 1. The Morgan fingerprint density at radius 1 is 1.31 bits per heavy atom. The largest absolute Gasteiger partial charge is 0.481 e. The highest BCUT2D eigenvalue weighted by Crippen LogP contribution is 2.25. The number of benzene rings is 1. The number of carboxylic acid groups (broad SMARTS) is 1. The van der Waals surface area contributed by atoms with Crippen LogP contribution in [0.15, 0.2) is 24.3 Å². The molecule has 1 aliphatic carbocycles. The van der Waals surface area contributed by atoms with Gasteiger partial charge in [0.2, 0.25) is 0 Å². The van der Waals surface area contributed by atoms with Gasteiger partial charge in [-0.15, -0.1) is 5.10 Å². The number of nitrogens with zero attached hydrogens (tertiary/aromatic N) is 3. The highest BCUT2D eigenvalue weighted by molar-refractivity contribution is 6.30. The summed E-state index contributed by atoms with van der Waals surface area (Å²) in [6.45, 7) is 1.94. The van der Waals surface area contributed by atoms with Crippen LogP contribution in [0.3, 0.4) is 0 Å². The van der Waals surface area contributed by atoms with Crippen LogP contribution in [0.2, 0.25) is 5.02 Å². The fraction of sp³-hybridized carbons (Fsp3) is 0.444. The van der Waals surface area contributed by atoms with E-state index in [-0.39, 0.29) is 17.9 Å². The van der Waals surface area contributed by atoms with Gasteiger partial charge in [-0.1, -0.05) is 29.8 Å². The first kappa shape index (κ1) is 18.4. The Bertz CT molecular complexity index is 813. The fourth-order valence-electron chi connectivity index (χ4n) is 3.35. The van der Waals surface area contributed by atoms with E-state index in [1.54, 1.807) is 16.8 Å². The molecule has 8 heteroatoms. The molecule has 0 spiro atoms. The molecule has 1 fully saturated rings. The molecule has 1 heterocycles. The number of amides is 1. The molecule has 1 aromatic heterocycles. The van der Waals surface area contributed by atoms with Gasteiger partial charge in [0.05, 0.1) is 17.3 Å². The topological polar surface area (TPSA) is 97.1 Å². The number of aromatic nitrogens is 3. The summed E-state index contributed by atoms with van der Waals surface area (Å²) in [6.07, 6.45) is 3.07. The van der Waals surface area contributed by atoms with Crippen LogP contribution in [0.4, 0.5) is 0 Å². The fourth-order valence-corrected chi connectivity index (χ4v) is 3.53. The maximum Gasteiger partial charge on any atom is 0.306 e. The summed E-state index contributed by atoms with van der Waals surface area (Å²) in [4.78, 5) is 23.7. The predicted octanol–water partition coefficient (Wildman–Crippen LogP) is 2.86. The Balaban J connectivity index is 1.73. The van der Waals surface area contributed by atoms with Crippen molar-refractivity contribution in [2.75, 3.05) is 0 Å². The first-order valence-corrected chi connectivity index (χ1v) is 9.11. The van der Waals surface area contributed by atoms with Crippen LogP contribution in [0.1, 0.15) is 48.8 Å². The number of rotatable bonds is 5. The molecule has 1 aliphatic rings. The van der Waals surface area contributed by atoms with E-state index in [0.29, 0.717) is 48.5 Å². The van der Waals surface area contributed by atoms with Crippen molar-refractivity contribution >= 4 is 23.5 Å². The van der Waals surface area contributed by atoms with Crippen molar-refractivity contribution in [3.05, 3.63) is 40.7 Å². The molecule has 0 saturated heterocycles. The molecule has 1 amide bonds. The monoisotopic (exact) mass is 376 g/mol. The lowest BCUT2D eigenvalue weighted by atomic mass is 9.86. The maximum atomic E-state index is 12.7. The Hall–Kier alpha value is -2.41. The van der Waals surface area contributed by atoms with Crippen molar-refractivity contribution in [2.45, 2.75) is 45.1 Å². The SMILES string of the molecule is CCc1c(C(=O)NC2CCC(C(=O)O)CC2)nnn1-c1cccc(Cl)c1. The van der Waals surface area contributed by atoms with Crippen molar-refractivity contribution in [1.29, 1.82) is 0 Å². The van der Waals surface area contributed by atoms with E-state index in [1.165, 1.54) is 0 Å². The van der Waals surface area contributed by atoms with Crippen molar-refractivity contribution in [1.82, 2.24) is 20.3 Å². The molecule has 0 bridgehead atoms. The Morgan fingerprint density at radius 2 is 2.04 bits per heavy atom. The van der Waals surface area contributed by atoms with Crippen molar-refractivity contribution in [3.63, 3.8) is 0 Å². The van der Waals surface area contributed by atoms with E-state index in [1.807, 2.05) is 19.1 Å². The number of nitrogens with one attached hydrogen (secondary N) is 1. The average Bonchev–Trinajstić information content (AvgIpc) is 3.06. The molecule has 0 atom stereocenters. The smallest absolute Gasteiger partial charge is 0.306 e. The highest BCUT2D eigenvalue weighted by Gasteiger charge is 2.28. The molecular weight excluding hydrogens is 356 g/mol. The van der Waals surface area contributed by atoms with Crippen molar-refractivity contribution in [3.8, 4) is 5.69 Å². The van der Waals surface area contributed by atoms with Crippen LogP contribution < -0.4 is 5.32 Å². The molecule has 0 aliphatic heterocycles. The van der Waals surface area contributed by atoms with Crippen LogP contribution in [-0.2, 0) is 11.2 Å². The van der Waals surface area contributed by atoms with Gasteiger partial charge in [-0.2, -0.15) is 0 Å². The standard InChI is InChI=1S/C18H21ClN4O3/c1-2-15-16(21-22-23(15)14-5-3-4-12(19)10-14)17(24)20-13-8-6-11(7-9-13)18(25)26/h3-5,10-11,13H,2,6-9H2,1H3,(H,20,24)(H,25,26). The van der Waals surface area contributed by atoms with Gasteiger partial charge < -0.3 is 10.4 Å². The van der Waals surface area contributed by atoms with Crippen LogP contribution in [0.25, 0.3) is 5.69 Å². The van der Waals surface area contributed by atoms with Crippen molar-refractivity contribution < 1.29 is 14.7 Å². The minimum absolute atomic E-state index is 0.0286. The van der Waals surface area contributed by atoms with Crippen LogP contribution in [0, 0.1) is 5.92 Å². The van der Waals surface area contributed by atoms with E-state index in [2.05, 4.69) is 15.6 Å². The molecule has 0 unspecified atom stereocenters. The maximum absolute atomic E-state index is 12.7. The van der Waals surface area contributed by atoms with E-state index in [4.69, 9.17) is 16.7 Å². The molecule has 2 N–H and O–H groups in total. The molecule has 26 heavy (non-hydrogen) atoms. The lowest BCUT2D eigenvalue weighted by Gasteiger charge is -2.26. The van der Waals surface area contributed by atoms with Crippen LogP contribution in [0.5, 0.6) is 0 Å². The minimum atomic E-state index is -0.757. The summed E-state index contributed by atoms with van der Waals surface area (Å²) < 4.78 is 1.63. The molecule has 3 rings (SSSR count). The van der Waals surface area contributed by atoms with Gasteiger partial charge in [0.25, 0.3) is 5.91 Å². The van der Waals surface area contributed by atoms with E-state index in [0.717, 1.165) is 5.69 Å². The zero-order valence-corrected chi connectivity index (χ0v) is 15.2. The van der Waals surface area contributed by atoms with Gasteiger partial charge in [-0.3, -0.25) is 9.59 Å². The third kappa shape index (κ3) is 3.88. The number of hydrogen-bond donors (Lipinski definition) is 2. The van der Waals surface area contributed by atoms with Gasteiger partial charge in [0.1, 0.15) is 0 Å². The number of hydrogen-bond acceptors (Lipinski definition) is 4. The Labute approximate surface area is 156 Å². The first-order valence-electron chi connectivity index (χ1n) is 8.73. The van der Waals surface area contributed by atoms with E-state index < -0.39 is 5.97 Å². The second-order valence-corrected chi connectivity index (χ2v) is 6.93. The quantitative estimate of drug-likeness (QED) is 0.836. The molecular formula is C18H21ClN4O3. The van der Waals surface area contributed by atoms with Crippen molar-refractivity contribution in [2.24, 2.45) is 5.92 Å². The molecule has 1 aromatic carbocycles. The predicted molar refractivity (Wildman–Crippen MR) is 96.6 cm³/mol. The van der Waals surface area contributed by atoms with Gasteiger partial charge in [0.15, 0.2) is 5.69 Å². The van der Waals surface area contributed by atoms with Gasteiger partial charge in [0, 0.05) is 11.1 Å². The lowest BCUT2D eigenvalue weighted by Crippen LogP contribution is -2.39. The molecule has 1 saturated carbocycles. The normalized spacial score (nSPS) is 19.9. The Kier molecular flexibility index (Phi) is 5.56. The zero-order chi connectivity index (χ0) is 18.7. The summed E-state index contributed by atoms with van der Waals surface area (Å²) >= 11 is 6.04. The minimum Gasteiger partial charge on any atom is -0.481 e.